The molecule has 2 N–H and O–H groups in total. The molecule has 1 aromatic carbocycles. The van der Waals surface area contributed by atoms with Crippen LogP contribution in [0.1, 0.15) is 0 Å². The third kappa shape index (κ3) is 8.19. The van der Waals surface area contributed by atoms with Gasteiger partial charge in [0, 0.05) is 38.7 Å². The highest BCUT2D eigenvalue weighted by molar-refractivity contribution is 5.53. The number of nitrogens with zero attached hydrogens (tertiary/aromatic N) is 1. The normalized spacial score (nSPS) is 10.8. The minimum atomic E-state index is 0.608. The second-order valence-electron chi connectivity index (χ2n) is 4.79. The third-order valence-corrected chi connectivity index (χ3v) is 3.13. The van der Waals surface area contributed by atoms with Crippen molar-refractivity contribution in [3.05, 3.63) is 24.3 Å². The van der Waals surface area contributed by atoms with E-state index in [4.69, 9.17) is 24.7 Å². The van der Waals surface area contributed by atoms with E-state index in [-0.39, 0.29) is 0 Å². The lowest BCUT2D eigenvalue weighted by Crippen LogP contribution is -2.31. The van der Waals surface area contributed by atoms with Gasteiger partial charge >= 0.3 is 0 Å². The maximum absolute atomic E-state index is 5.74. The summed E-state index contributed by atoms with van der Waals surface area (Å²) in [5, 5.41) is 0. The molecule has 0 aliphatic carbocycles. The Hall–Kier alpha value is -1.34. The molecule has 0 atom stereocenters. The van der Waals surface area contributed by atoms with E-state index in [0.29, 0.717) is 39.6 Å². The van der Waals surface area contributed by atoms with Crippen LogP contribution in [0.25, 0.3) is 0 Å². The van der Waals surface area contributed by atoms with Crippen LogP contribution < -0.4 is 10.6 Å². The second-order valence-corrected chi connectivity index (χ2v) is 4.79. The zero-order valence-corrected chi connectivity index (χ0v) is 13.6. The van der Waals surface area contributed by atoms with Gasteiger partial charge in [-0.2, -0.15) is 0 Å². The lowest BCUT2D eigenvalue weighted by molar-refractivity contribution is 0.0677. The van der Waals surface area contributed by atoms with Crippen LogP contribution in [0, 0.1) is 0 Å². The smallest absolute Gasteiger partial charge is 0.0701 e. The quantitative estimate of drug-likeness (QED) is 0.439. The Morgan fingerprint density at radius 2 is 1.27 bits per heavy atom. The summed E-state index contributed by atoms with van der Waals surface area (Å²) in [4.78, 5) is 2.22. The van der Waals surface area contributed by atoms with Crippen LogP contribution in [0.3, 0.4) is 0 Å². The Bertz CT molecular complexity index is 359. The molecule has 0 unspecified atom stereocenters. The van der Waals surface area contributed by atoms with Gasteiger partial charge in [-0.05, 0) is 24.3 Å². The molecule has 0 aliphatic heterocycles. The topological polar surface area (TPSA) is 66.2 Å². The van der Waals surface area contributed by atoms with Gasteiger partial charge in [-0.3, -0.25) is 0 Å². The Morgan fingerprint density at radius 3 is 1.73 bits per heavy atom. The molecule has 0 fully saturated rings. The Kier molecular flexibility index (Phi) is 10.4. The van der Waals surface area contributed by atoms with Crippen molar-refractivity contribution in [1.29, 1.82) is 0 Å². The zero-order valence-electron chi connectivity index (χ0n) is 13.6. The molecule has 1 aromatic rings. The van der Waals surface area contributed by atoms with Crippen molar-refractivity contribution in [2.75, 3.05) is 77.6 Å². The van der Waals surface area contributed by atoms with E-state index >= 15 is 0 Å². The SMILES string of the molecule is COCCOCCN(CCOCCOC)c1ccc(N)cc1. The number of methoxy groups -OCH3 is 2. The summed E-state index contributed by atoms with van der Waals surface area (Å²) in [7, 11) is 3.34. The summed E-state index contributed by atoms with van der Waals surface area (Å²) in [6.45, 7) is 5.32. The number of rotatable bonds is 13. The molecule has 0 heterocycles. The highest BCUT2D eigenvalue weighted by Crippen LogP contribution is 2.15. The molecule has 0 aromatic heterocycles. The van der Waals surface area contributed by atoms with Crippen molar-refractivity contribution >= 4 is 11.4 Å². The Balaban J connectivity index is 2.40. The van der Waals surface area contributed by atoms with Gasteiger partial charge in [0.1, 0.15) is 0 Å². The maximum atomic E-state index is 5.74. The Morgan fingerprint density at radius 1 is 0.773 bits per heavy atom. The molecule has 126 valence electrons. The summed E-state index contributed by atoms with van der Waals surface area (Å²) in [6, 6.07) is 7.83. The van der Waals surface area contributed by atoms with E-state index in [9.17, 15) is 0 Å². The predicted octanol–water partition coefficient (Wildman–Crippen LogP) is 1.40. The molecule has 0 aliphatic rings. The first kappa shape index (κ1) is 18.7. The minimum absolute atomic E-state index is 0.608. The van der Waals surface area contributed by atoms with Crippen molar-refractivity contribution in [3.8, 4) is 0 Å². The van der Waals surface area contributed by atoms with Crippen LogP contribution in [0.4, 0.5) is 11.4 Å². The molecule has 0 radical (unpaired) electrons. The molecule has 6 heteroatoms. The molecule has 0 bridgehead atoms. The fourth-order valence-electron chi connectivity index (χ4n) is 1.89. The van der Waals surface area contributed by atoms with Gasteiger partial charge in [-0.25, -0.2) is 0 Å². The van der Waals surface area contributed by atoms with Crippen molar-refractivity contribution in [2.45, 2.75) is 0 Å². The number of hydrogen-bond donors (Lipinski definition) is 1. The lowest BCUT2D eigenvalue weighted by atomic mass is 10.2. The summed E-state index contributed by atoms with van der Waals surface area (Å²) in [6.07, 6.45) is 0. The van der Waals surface area contributed by atoms with Gasteiger partial charge in [0.2, 0.25) is 0 Å². The van der Waals surface area contributed by atoms with Crippen molar-refractivity contribution in [3.63, 3.8) is 0 Å². The highest BCUT2D eigenvalue weighted by atomic mass is 16.5. The van der Waals surface area contributed by atoms with Crippen LogP contribution >= 0.6 is 0 Å². The minimum Gasteiger partial charge on any atom is -0.399 e. The van der Waals surface area contributed by atoms with Crippen LogP contribution in [0.2, 0.25) is 0 Å². The van der Waals surface area contributed by atoms with Crippen LogP contribution in [-0.4, -0.2) is 67.0 Å². The van der Waals surface area contributed by atoms with E-state index in [1.54, 1.807) is 14.2 Å². The monoisotopic (exact) mass is 312 g/mol. The van der Waals surface area contributed by atoms with Crippen LogP contribution in [-0.2, 0) is 18.9 Å². The summed E-state index contributed by atoms with van der Waals surface area (Å²) in [5.41, 5.74) is 7.61. The fourth-order valence-corrected chi connectivity index (χ4v) is 1.89. The fraction of sp³-hybridized carbons (Fsp3) is 0.625. The number of hydrogen-bond acceptors (Lipinski definition) is 6. The largest absolute Gasteiger partial charge is 0.399 e. The molecule has 0 spiro atoms. The predicted molar refractivity (Wildman–Crippen MR) is 88.5 cm³/mol. The van der Waals surface area contributed by atoms with Crippen LogP contribution in [0.15, 0.2) is 24.3 Å². The van der Waals surface area contributed by atoms with E-state index < -0.39 is 0 Å². The maximum Gasteiger partial charge on any atom is 0.0701 e. The first-order chi connectivity index (χ1) is 10.8. The number of benzene rings is 1. The van der Waals surface area contributed by atoms with E-state index in [1.807, 2.05) is 24.3 Å². The zero-order chi connectivity index (χ0) is 16.0. The molecule has 0 saturated heterocycles. The van der Waals surface area contributed by atoms with Gasteiger partial charge in [0.05, 0.1) is 39.6 Å². The highest BCUT2D eigenvalue weighted by Gasteiger charge is 2.06. The van der Waals surface area contributed by atoms with E-state index in [2.05, 4.69) is 4.90 Å². The standard InChI is InChI=1S/C16H28N2O4/c1-19-11-13-21-9-7-18(8-10-22-14-12-20-2)16-5-3-15(17)4-6-16/h3-6H,7-14,17H2,1-2H3. The summed E-state index contributed by atoms with van der Waals surface area (Å²) >= 11 is 0. The first-order valence-corrected chi connectivity index (χ1v) is 7.51. The number of anilines is 2. The van der Waals surface area contributed by atoms with E-state index in [0.717, 1.165) is 24.5 Å². The van der Waals surface area contributed by atoms with E-state index in [1.165, 1.54) is 0 Å². The van der Waals surface area contributed by atoms with Crippen LogP contribution in [0.5, 0.6) is 0 Å². The number of nitrogen functional groups attached to an aromatic ring is 1. The molecule has 6 nitrogen and oxygen atoms in total. The number of nitrogens with two attached hydrogens (primary N) is 1. The van der Waals surface area contributed by atoms with Gasteiger partial charge < -0.3 is 29.6 Å². The molecular formula is C16H28N2O4. The molecular weight excluding hydrogens is 284 g/mol. The van der Waals surface area contributed by atoms with Gasteiger partial charge in [-0.15, -0.1) is 0 Å². The average molecular weight is 312 g/mol. The van der Waals surface area contributed by atoms with Gasteiger partial charge in [0.15, 0.2) is 0 Å². The first-order valence-electron chi connectivity index (χ1n) is 7.51. The van der Waals surface area contributed by atoms with Gasteiger partial charge in [-0.1, -0.05) is 0 Å². The van der Waals surface area contributed by atoms with Crippen molar-refractivity contribution < 1.29 is 18.9 Å². The second kappa shape index (κ2) is 12.2. The third-order valence-electron chi connectivity index (χ3n) is 3.13. The van der Waals surface area contributed by atoms with Crippen molar-refractivity contribution in [2.24, 2.45) is 0 Å². The van der Waals surface area contributed by atoms with Gasteiger partial charge in [0.25, 0.3) is 0 Å². The lowest BCUT2D eigenvalue weighted by Gasteiger charge is -2.25. The average Bonchev–Trinajstić information content (AvgIpc) is 2.53. The molecule has 0 amide bonds. The Labute approximate surface area is 133 Å². The number of ether oxygens (including phenoxy) is 4. The summed E-state index contributed by atoms with van der Waals surface area (Å²) in [5.74, 6) is 0. The molecule has 0 saturated carbocycles. The van der Waals surface area contributed by atoms with Crippen molar-refractivity contribution in [1.82, 2.24) is 0 Å². The summed E-state index contributed by atoms with van der Waals surface area (Å²) < 4.78 is 21.0. The molecule has 1 rings (SSSR count). The molecule has 22 heavy (non-hydrogen) atoms.